The summed E-state index contributed by atoms with van der Waals surface area (Å²) in [4.78, 5) is 0. The summed E-state index contributed by atoms with van der Waals surface area (Å²) >= 11 is 27.6. The fourth-order valence-electron chi connectivity index (χ4n) is 0.932. The van der Waals surface area contributed by atoms with Crippen molar-refractivity contribution in [2.75, 3.05) is 0 Å². The van der Waals surface area contributed by atoms with Gasteiger partial charge in [-0.15, -0.1) is 0 Å². The zero-order valence-corrected chi connectivity index (χ0v) is 12.1. The molecular weight excluding hydrogens is 336 g/mol. The first-order valence-electron chi connectivity index (χ1n) is 3.78. The van der Waals surface area contributed by atoms with Crippen molar-refractivity contribution >= 4 is 69.1 Å². The SMILES string of the molecule is O=P(Cl)(Cl)OC(=CCl)c1ccc(Cl)cc1Cl. The monoisotopic (exact) mass is 338 g/mol. The molecule has 0 spiro atoms. The van der Waals surface area contributed by atoms with Gasteiger partial charge in [-0.2, -0.15) is 0 Å². The first-order chi connectivity index (χ1) is 7.33. The van der Waals surface area contributed by atoms with Crippen LogP contribution in [0.15, 0.2) is 23.7 Å². The molecule has 0 aromatic heterocycles. The Morgan fingerprint density at radius 3 is 2.38 bits per heavy atom. The molecule has 0 fully saturated rings. The molecule has 0 atom stereocenters. The Bertz CT molecular complexity index is 467. The van der Waals surface area contributed by atoms with E-state index < -0.39 is 6.07 Å². The minimum atomic E-state index is -3.74. The molecule has 0 bridgehead atoms. The third-order valence-corrected chi connectivity index (χ3v) is 3.07. The molecule has 0 saturated heterocycles. The van der Waals surface area contributed by atoms with E-state index in [9.17, 15) is 4.57 Å². The Labute approximate surface area is 117 Å². The minimum absolute atomic E-state index is 0.0108. The van der Waals surface area contributed by atoms with Gasteiger partial charge in [0.25, 0.3) is 0 Å². The molecule has 88 valence electrons. The van der Waals surface area contributed by atoms with Crippen LogP contribution in [0.4, 0.5) is 0 Å². The number of hydrogen-bond acceptors (Lipinski definition) is 2. The van der Waals surface area contributed by atoms with Crippen molar-refractivity contribution in [2.24, 2.45) is 0 Å². The largest absolute Gasteiger partial charge is 0.428 e. The predicted octanol–water partition coefficient (Wildman–Crippen LogP) is 6.13. The molecule has 0 radical (unpaired) electrons. The molecule has 2 nitrogen and oxygen atoms in total. The molecule has 0 unspecified atom stereocenters. The fourth-order valence-corrected chi connectivity index (χ4v) is 2.48. The topological polar surface area (TPSA) is 26.3 Å². The molecule has 1 rings (SSSR count). The molecule has 0 amide bonds. The van der Waals surface area contributed by atoms with Crippen molar-refractivity contribution in [3.05, 3.63) is 39.3 Å². The predicted molar refractivity (Wildman–Crippen MR) is 70.7 cm³/mol. The molecule has 16 heavy (non-hydrogen) atoms. The van der Waals surface area contributed by atoms with Crippen LogP contribution < -0.4 is 0 Å². The molecule has 0 heterocycles. The van der Waals surface area contributed by atoms with Crippen LogP contribution in [-0.2, 0) is 9.09 Å². The number of hydrogen-bond donors (Lipinski definition) is 0. The zero-order chi connectivity index (χ0) is 12.3. The van der Waals surface area contributed by atoms with Crippen molar-refractivity contribution in [3.8, 4) is 0 Å². The molecule has 0 aliphatic rings. The van der Waals surface area contributed by atoms with Crippen LogP contribution >= 0.6 is 63.4 Å². The normalized spacial score (nSPS) is 12.7. The van der Waals surface area contributed by atoms with Crippen LogP contribution in [0.25, 0.3) is 5.76 Å². The molecule has 1 aromatic rings. The fraction of sp³-hybridized carbons (Fsp3) is 0. The van der Waals surface area contributed by atoms with E-state index in [0.29, 0.717) is 10.6 Å². The molecular formula is C8H4Cl5O2P. The van der Waals surface area contributed by atoms with Gasteiger partial charge in [0, 0.05) is 38.6 Å². The maximum absolute atomic E-state index is 11.1. The lowest BCUT2D eigenvalue weighted by Crippen LogP contribution is -1.87. The van der Waals surface area contributed by atoms with Gasteiger partial charge in [-0.05, 0) is 18.2 Å². The average molecular weight is 340 g/mol. The lowest BCUT2D eigenvalue weighted by atomic mass is 10.2. The average Bonchev–Trinajstić information content (AvgIpc) is 2.13. The molecule has 0 aliphatic carbocycles. The third kappa shape index (κ3) is 4.37. The van der Waals surface area contributed by atoms with E-state index in [4.69, 9.17) is 61.8 Å². The van der Waals surface area contributed by atoms with Gasteiger partial charge >= 0.3 is 6.07 Å². The highest BCUT2D eigenvalue weighted by atomic mass is 35.9. The van der Waals surface area contributed by atoms with Crippen LogP contribution in [0.2, 0.25) is 10.0 Å². The summed E-state index contributed by atoms with van der Waals surface area (Å²) in [6.07, 6.45) is -3.74. The second-order valence-corrected chi connectivity index (χ2v) is 7.87. The molecule has 8 heteroatoms. The minimum Gasteiger partial charge on any atom is -0.421 e. The van der Waals surface area contributed by atoms with E-state index in [2.05, 4.69) is 0 Å². The van der Waals surface area contributed by atoms with E-state index in [1.807, 2.05) is 0 Å². The van der Waals surface area contributed by atoms with E-state index in [0.717, 1.165) is 5.54 Å². The summed E-state index contributed by atoms with van der Waals surface area (Å²) in [5, 5.41) is 0.726. The molecule has 0 aliphatic heterocycles. The first kappa shape index (κ1) is 14.5. The summed E-state index contributed by atoms with van der Waals surface area (Å²) in [5.41, 5.74) is 1.43. The van der Waals surface area contributed by atoms with E-state index in [1.165, 1.54) is 6.07 Å². The Kier molecular flexibility index (Phi) is 5.31. The van der Waals surface area contributed by atoms with Crippen molar-refractivity contribution in [3.63, 3.8) is 0 Å². The summed E-state index contributed by atoms with van der Waals surface area (Å²) in [7, 11) is 0. The maximum Gasteiger partial charge on any atom is 0.428 e. The van der Waals surface area contributed by atoms with E-state index in [1.54, 1.807) is 12.1 Å². The van der Waals surface area contributed by atoms with Gasteiger partial charge in [0.2, 0.25) is 0 Å². The highest BCUT2D eigenvalue weighted by Crippen LogP contribution is 2.60. The second kappa shape index (κ2) is 5.86. The maximum atomic E-state index is 11.1. The highest BCUT2D eigenvalue weighted by Gasteiger charge is 2.20. The Morgan fingerprint density at radius 2 is 1.94 bits per heavy atom. The van der Waals surface area contributed by atoms with Crippen LogP contribution in [0.5, 0.6) is 0 Å². The summed E-state index contributed by atoms with van der Waals surface area (Å²) in [6, 6.07) is 4.60. The summed E-state index contributed by atoms with van der Waals surface area (Å²) < 4.78 is 15.9. The first-order valence-corrected chi connectivity index (χ1v) is 8.41. The van der Waals surface area contributed by atoms with E-state index in [-0.39, 0.29) is 10.8 Å². The summed E-state index contributed by atoms with van der Waals surface area (Å²) in [5.74, 6) is 0.0108. The van der Waals surface area contributed by atoms with Crippen molar-refractivity contribution < 1.29 is 9.09 Å². The van der Waals surface area contributed by atoms with Gasteiger partial charge in [0.05, 0.1) is 5.02 Å². The van der Waals surface area contributed by atoms with Gasteiger partial charge in [-0.1, -0.05) is 34.8 Å². The quantitative estimate of drug-likeness (QED) is 0.488. The standard InChI is InChI=1S/C8H4Cl5O2P/c9-4-8(15-16(12,13)14)6-2-1-5(10)3-7(6)11/h1-4H. The van der Waals surface area contributed by atoms with E-state index >= 15 is 0 Å². The van der Waals surface area contributed by atoms with Crippen molar-refractivity contribution in [1.82, 2.24) is 0 Å². The van der Waals surface area contributed by atoms with Crippen molar-refractivity contribution in [2.45, 2.75) is 0 Å². The Hall–Kier alpha value is 0.440. The molecule has 0 saturated carbocycles. The van der Waals surface area contributed by atoms with Crippen LogP contribution in [-0.4, -0.2) is 0 Å². The third-order valence-electron chi connectivity index (χ3n) is 1.50. The lowest BCUT2D eigenvalue weighted by molar-refractivity contribution is 0.492. The Morgan fingerprint density at radius 1 is 1.31 bits per heavy atom. The second-order valence-electron chi connectivity index (χ2n) is 2.60. The van der Waals surface area contributed by atoms with Gasteiger partial charge in [-0.25, -0.2) is 4.57 Å². The highest BCUT2D eigenvalue weighted by molar-refractivity contribution is 8.05. The van der Waals surface area contributed by atoms with Crippen LogP contribution in [0, 0.1) is 0 Å². The summed E-state index contributed by atoms with van der Waals surface area (Å²) in [6.45, 7) is 0. The van der Waals surface area contributed by atoms with Crippen LogP contribution in [0.3, 0.4) is 0 Å². The number of halogens is 5. The van der Waals surface area contributed by atoms with Gasteiger partial charge in [0.1, 0.15) is 5.76 Å². The molecule has 0 N–H and O–H groups in total. The number of rotatable bonds is 3. The van der Waals surface area contributed by atoms with Gasteiger partial charge < -0.3 is 4.52 Å². The smallest absolute Gasteiger partial charge is 0.421 e. The lowest BCUT2D eigenvalue weighted by Gasteiger charge is -2.11. The Balaban J connectivity index is 3.11. The van der Waals surface area contributed by atoms with Crippen LogP contribution in [0.1, 0.15) is 5.56 Å². The van der Waals surface area contributed by atoms with Crippen molar-refractivity contribution in [1.29, 1.82) is 0 Å². The van der Waals surface area contributed by atoms with Gasteiger partial charge in [0.15, 0.2) is 0 Å². The molecule has 1 aromatic carbocycles. The zero-order valence-electron chi connectivity index (χ0n) is 7.46. The number of benzene rings is 1. The van der Waals surface area contributed by atoms with Gasteiger partial charge in [-0.3, -0.25) is 0 Å².